The number of hydrogen-bond acceptors (Lipinski definition) is 4. The Hall–Kier alpha value is -2.78. The Kier molecular flexibility index (Phi) is 7.75. The Bertz CT molecular complexity index is 1010. The molecule has 0 saturated carbocycles. The number of halogens is 1. The van der Waals surface area contributed by atoms with Crippen molar-refractivity contribution in [2.24, 2.45) is 0 Å². The molecule has 31 heavy (non-hydrogen) atoms. The minimum absolute atomic E-state index is 0.0926. The number of carbonyl (C=O) groups excluding carboxylic acids is 2. The smallest absolute Gasteiger partial charge is 0.309 e. The van der Waals surface area contributed by atoms with E-state index in [1.54, 1.807) is 42.5 Å². The highest BCUT2D eigenvalue weighted by Crippen LogP contribution is 2.26. The number of nitrogens with zero attached hydrogens (tertiary/aromatic N) is 1. The molecule has 1 aliphatic rings. The maximum absolute atomic E-state index is 13.6. The van der Waals surface area contributed by atoms with E-state index in [4.69, 9.17) is 0 Å². The lowest BCUT2D eigenvalue weighted by Gasteiger charge is -2.34. The molecule has 2 aromatic carbocycles. The molecule has 2 amide bonds. The summed E-state index contributed by atoms with van der Waals surface area (Å²) < 4.78 is 41.1. The van der Waals surface area contributed by atoms with E-state index in [0.29, 0.717) is 19.4 Å². The number of nitrogens with one attached hydrogen (secondary N) is 2. The molecular weight excluding hydrogens is 421 g/mol. The summed E-state index contributed by atoms with van der Waals surface area (Å²) in [4.78, 5) is 24.3. The first-order valence-electron chi connectivity index (χ1n) is 10.3. The van der Waals surface area contributed by atoms with Crippen LogP contribution in [0.1, 0.15) is 31.2 Å². The van der Waals surface area contributed by atoms with Crippen molar-refractivity contribution in [2.45, 2.75) is 43.2 Å². The van der Waals surface area contributed by atoms with Gasteiger partial charge in [-0.15, -0.1) is 0 Å². The van der Waals surface area contributed by atoms with Gasteiger partial charge < -0.3 is 10.6 Å². The number of amides is 2. The lowest BCUT2D eigenvalue weighted by Crippen LogP contribution is -2.46. The largest absolute Gasteiger partial charge is 0.348 e. The summed E-state index contributed by atoms with van der Waals surface area (Å²) in [7, 11) is -3.62. The number of piperidine rings is 1. The summed E-state index contributed by atoms with van der Waals surface area (Å²) in [5.41, 5.74) is 0.285. The summed E-state index contributed by atoms with van der Waals surface area (Å²) in [5.74, 6) is -2.15. The second-order valence-electron chi connectivity index (χ2n) is 7.40. The monoisotopic (exact) mass is 447 g/mol. The molecule has 0 radical (unpaired) electrons. The maximum Gasteiger partial charge on any atom is 0.309 e. The minimum Gasteiger partial charge on any atom is -0.348 e. The highest BCUT2D eigenvalue weighted by molar-refractivity contribution is 7.89. The van der Waals surface area contributed by atoms with Crippen LogP contribution in [-0.2, 0) is 26.2 Å². The first-order valence-corrected chi connectivity index (χ1v) is 11.7. The van der Waals surface area contributed by atoms with Crippen molar-refractivity contribution < 1.29 is 22.4 Å². The van der Waals surface area contributed by atoms with Crippen molar-refractivity contribution in [2.75, 3.05) is 13.1 Å². The van der Waals surface area contributed by atoms with Crippen LogP contribution in [0, 0.1) is 5.82 Å². The van der Waals surface area contributed by atoms with Gasteiger partial charge in [0.15, 0.2) is 0 Å². The third kappa shape index (κ3) is 5.89. The number of benzene rings is 2. The third-order valence-electron chi connectivity index (χ3n) is 5.29. The molecule has 9 heteroatoms. The average molecular weight is 448 g/mol. The van der Waals surface area contributed by atoms with Gasteiger partial charge in [-0.05, 0) is 37.5 Å². The number of sulfonamides is 1. The zero-order valence-electron chi connectivity index (χ0n) is 17.1. The fraction of sp³-hybridized carbons (Fsp3) is 0.364. The Morgan fingerprint density at radius 3 is 2.39 bits per heavy atom. The van der Waals surface area contributed by atoms with Gasteiger partial charge in [0, 0.05) is 31.2 Å². The highest BCUT2D eigenvalue weighted by Gasteiger charge is 2.33. The number of rotatable bonds is 7. The van der Waals surface area contributed by atoms with Gasteiger partial charge in [0.2, 0.25) is 10.0 Å². The molecule has 3 rings (SSSR count). The van der Waals surface area contributed by atoms with E-state index < -0.39 is 27.7 Å². The first kappa shape index (κ1) is 22.9. The van der Waals surface area contributed by atoms with E-state index in [1.807, 2.05) is 0 Å². The summed E-state index contributed by atoms with van der Waals surface area (Å²) in [6.45, 7) is 0.501. The molecule has 0 aromatic heterocycles. The molecule has 1 fully saturated rings. The lowest BCUT2D eigenvalue weighted by atomic mass is 10.0. The van der Waals surface area contributed by atoms with Gasteiger partial charge in [0.05, 0.1) is 4.90 Å². The summed E-state index contributed by atoms with van der Waals surface area (Å²) in [6, 6.07) is 14.0. The van der Waals surface area contributed by atoms with Crippen LogP contribution in [0.15, 0.2) is 59.5 Å². The zero-order chi connectivity index (χ0) is 22.3. The van der Waals surface area contributed by atoms with E-state index in [2.05, 4.69) is 10.6 Å². The van der Waals surface area contributed by atoms with E-state index in [-0.39, 0.29) is 29.6 Å². The molecule has 0 aliphatic carbocycles. The predicted molar refractivity (Wildman–Crippen MR) is 114 cm³/mol. The first-order chi connectivity index (χ1) is 14.9. The van der Waals surface area contributed by atoms with Gasteiger partial charge in [0.1, 0.15) is 5.82 Å². The topological polar surface area (TPSA) is 95.6 Å². The van der Waals surface area contributed by atoms with Crippen LogP contribution in [0.2, 0.25) is 0 Å². The molecule has 1 heterocycles. The van der Waals surface area contributed by atoms with Gasteiger partial charge in [-0.1, -0.05) is 42.8 Å². The van der Waals surface area contributed by atoms with Crippen LogP contribution in [0.25, 0.3) is 0 Å². The summed E-state index contributed by atoms with van der Waals surface area (Å²) in [5, 5.41) is 4.91. The Balaban J connectivity index is 1.51. The lowest BCUT2D eigenvalue weighted by molar-refractivity contribution is -0.139. The minimum atomic E-state index is -3.62. The van der Waals surface area contributed by atoms with Gasteiger partial charge in [0.25, 0.3) is 0 Å². The molecule has 0 unspecified atom stereocenters. The molecule has 7 nitrogen and oxygen atoms in total. The van der Waals surface area contributed by atoms with Crippen LogP contribution in [-0.4, -0.2) is 43.7 Å². The third-order valence-corrected chi connectivity index (χ3v) is 7.26. The predicted octanol–water partition coefficient (Wildman–Crippen LogP) is 2.19. The van der Waals surface area contributed by atoms with E-state index in [1.165, 1.54) is 16.4 Å². The summed E-state index contributed by atoms with van der Waals surface area (Å²) >= 11 is 0. The van der Waals surface area contributed by atoms with Crippen LogP contribution < -0.4 is 10.6 Å². The van der Waals surface area contributed by atoms with Crippen molar-refractivity contribution >= 4 is 21.8 Å². The van der Waals surface area contributed by atoms with E-state index in [9.17, 15) is 22.4 Å². The SMILES string of the molecule is O=C(NCC[C@H]1CCCCN1S(=O)(=O)c1ccccc1)C(=O)NCc1ccccc1F. The molecular formula is C22H26FN3O4S. The van der Waals surface area contributed by atoms with Crippen LogP contribution in [0.4, 0.5) is 4.39 Å². The number of hydrogen-bond donors (Lipinski definition) is 2. The zero-order valence-corrected chi connectivity index (χ0v) is 17.9. The molecule has 1 aliphatic heterocycles. The standard InChI is InChI=1S/C22H26FN3O4S/c23-20-12-5-4-8-17(20)16-25-22(28)21(27)24-14-13-18-9-6-7-15-26(18)31(29,30)19-10-2-1-3-11-19/h1-5,8,10-12,18H,6-7,9,13-16H2,(H,24,27)(H,25,28)/t18-/m1/s1. The van der Waals surface area contributed by atoms with E-state index >= 15 is 0 Å². The molecule has 0 bridgehead atoms. The quantitative estimate of drug-likeness (QED) is 0.636. The van der Waals surface area contributed by atoms with Crippen molar-refractivity contribution in [3.05, 3.63) is 66.0 Å². The molecule has 166 valence electrons. The molecule has 0 spiro atoms. The molecule has 2 N–H and O–H groups in total. The van der Waals surface area contributed by atoms with Gasteiger partial charge in [-0.2, -0.15) is 4.31 Å². The summed E-state index contributed by atoms with van der Waals surface area (Å²) in [6.07, 6.45) is 2.79. The van der Waals surface area contributed by atoms with Gasteiger partial charge in [-0.25, -0.2) is 12.8 Å². The molecule has 1 atom stereocenters. The highest BCUT2D eigenvalue weighted by atomic mass is 32.2. The van der Waals surface area contributed by atoms with Crippen LogP contribution >= 0.6 is 0 Å². The Morgan fingerprint density at radius 1 is 0.968 bits per heavy atom. The normalized spacial score (nSPS) is 17.1. The fourth-order valence-corrected chi connectivity index (χ4v) is 5.38. The maximum atomic E-state index is 13.6. The van der Waals surface area contributed by atoms with Gasteiger partial charge in [-0.3, -0.25) is 9.59 Å². The Morgan fingerprint density at radius 2 is 1.65 bits per heavy atom. The average Bonchev–Trinajstić information content (AvgIpc) is 2.79. The molecule has 2 aromatic rings. The fourth-order valence-electron chi connectivity index (χ4n) is 3.64. The second kappa shape index (κ2) is 10.5. The molecule has 1 saturated heterocycles. The van der Waals surface area contributed by atoms with Crippen LogP contribution in [0.3, 0.4) is 0 Å². The van der Waals surface area contributed by atoms with Crippen molar-refractivity contribution in [1.82, 2.24) is 14.9 Å². The number of carbonyl (C=O) groups is 2. The van der Waals surface area contributed by atoms with Crippen LogP contribution in [0.5, 0.6) is 0 Å². The second-order valence-corrected chi connectivity index (χ2v) is 9.29. The van der Waals surface area contributed by atoms with Crippen molar-refractivity contribution in [3.63, 3.8) is 0 Å². The van der Waals surface area contributed by atoms with Crippen molar-refractivity contribution in [3.8, 4) is 0 Å². The van der Waals surface area contributed by atoms with E-state index in [0.717, 1.165) is 12.8 Å². The Labute approximate surface area is 181 Å². The van der Waals surface area contributed by atoms with Crippen molar-refractivity contribution in [1.29, 1.82) is 0 Å². The van der Waals surface area contributed by atoms with Gasteiger partial charge >= 0.3 is 11.8 Å².